The van der Waals surface area contributed by atoms with Crippen LogP contribution in [0.15, 0.2) is 65.6 Å². The Labute approximate surface area is 131 Å². The third kappa shape index (κ3) is 4.43. The lowest BCUT2D eigenvalue weighted by Crippen LogP contribution is -2.28. The Morgan fingerprint density at radius 1 is 1.00 bits per heavy atom. The Morgan fingerprint density at radius 3 is 2.14 bits per heavy atom. The van der Waals surface area contributed by atoms with Crippen LogP contribution >= 0.6 is 0 Å². The van der Waals surface area contributed by atoms with Crippen molar-refractivity contribution in [1.82, 2.24) is 5.32 Å². The fourth-order valence-corrected chi connectivity index (χ4v) is 3.37. The highest BCUT2D eigenvalue weighted by Gasteiger charge is 2.17. The predicted molar refractivity (Wildman–Crippen MR) is 86.1 cm³/mol. The second-order valence-corrected chi connectivity index (χ2v) is 7.19. The zero-order valence-electron chi connectivity index (χ0n) is 12.4. The molecule has 0 fully saturated rings. The van der Waals surface area contributed by atoms with Gasteiger partial charge in [0.25, 0.3) is 0 Å². The van der Waals surface area contributed by atoms with E-state index in [0.29, 0.717) is 0 Å². The van der Waals surface area contributed by atoms with Gasteiger partial charge in [-0.05, 0) is 24.6 Å². The van der Waals surface area contributed by atoms with Crippen LogP contribution in [0.25, 0.3) is 0 Å². The summed E-state index contributed by atoms with van der Waals surface area (Å²) in [4.78, 5) is 12.2. The highest BCUT2D eigenvalue weighted by Crippen LogP contribution is 2.13. The molecule has 0 unspecified atom stereocenters. The Kier molecular flexibility index (Phi) is 5.33. The van der Waals surface area contributed by atoms with Gasteiger partial charge < -0.3 is 5.32 Å². The molecular weight excluding hydrogens is 298 g/mol. The van der Waals surface area contributed by atoms with Gasteiger partial charge in [0.05, 0.1) is 16.7 Å². The highest BCUT2D eigenvalue weighted by atomic mass is 32.2. The summed E-state index contributed by atoms with van der Waals surface area (Å²) in [7, 11) is -3.42. The van der Waals surface area contributed by atoms with E-state index in [-0.39, 0.29) is 29.0 Å². The number of hydrogen-bond donors (Lipinski definition) is 1. The van der Waals surface area contributed by atoms with Crippen LogP contribution in [0.3, 0.4) is 0 Å². The van der Waals surface area contributed by atoms with E-state index in [9.17, 15) is 13.2 Å². The lowest BCUT2D eigenvalue weighted by Gasteiger charge is -2.14. The lowest BCUT2D eigenvalue weighted by molar-refractivity contribution is -0.121. The molecule has 0 aliphatic rings. The zero-order chi connectivity index (χ0) is 16.0. The molecule has 0 saturated carbocycles. The van der Waals surface area contributed by atoms with Crippen molar-refractivity contribution >= 4 is 15.7 Å². The van der Waals surface area contributed by atoms with E-state index in [1.165, 1.54) is 0 Å². The van der Waals surface area contributed by atoms with Gasteiger partial charge >= 0.3 is 0 Å². The minimum absolute atomic E-state index is 0.0472. The molecule has 1 amide bonds. The summed E-state index contributed by atoms with van der Waals surface area (Å²) < 4.78 is 24.2. The standard InChI is InChI=1S/C17H19NO3S/c1-14(15-8-4-2-5-9-15)18-17(19)12-13-22(20,21)16-10-6-3-7-11-16/h2-11,14H,12-13H2,1H3,(H,18,19)/t14-/m0/s1. The van der Waals surface area contributed by atoms with Gasteiger partial charge in [0.15, 0.2) is 9.84 Å². The summed E-state index contributed by atoms with van der Waals surface area (Å²) in [6.07, 6.45) is -0.0472. The topological polar surface area (TPSA) is 63.2 Å². The molecule has 4 nitrogen and oxygen atoms in total. The molecule has 1 N–H and O–H groups in total. The maximum Gasteiger partial charge on any atom is 0.221 e. The number of sulfone groups is 1. The molecule has 0 saturated heterocycles. The van der Waals surface area contributed by atoms with Crippen LogP contribution in [0.2, 0.25) is 0 Å². The van der Waals surface area contributed by atoms with Crippen LogP contribution in [0.1, 0.15) is 24.9 Å². The molecular formula is C17H19NO3S. The number of rotatable bonds is 6. The van der Waals surface area contributed by atoms with E-state index < -0.39 is 9.84 Å². The van der Waals surface area contributed by atoms with Gasteiger partial charge in [0.1, 0.15) is 0 Å². The van der Waals surface area contributed by atoms with Gasteiger partial charge in [0, 0.05) is 6.42 Å². The summed E-state index contributed by atoms with van der Waals surface area (Å²) >= 11 is 0. The molecule has 2 aromatic carbocycles. The molecule has 116 valence electrons. The van der Waals surface area contributed by atoms with E-state index in [4.69, 9.17) is 0 Å². The van der Waals surface area contributed by atoms with Gasteiger partial charge in [-0.15, -0.1) is 0 Å². The summed E-state index contributed by atoms with van der Waals surface area (Å²) in [5.41, 5.74) is 0.988. The van der Waals surface area contributed by atoms with Gasteiger partial charge in [-0.25, -0.2) is 8.42 Å². The third-order valence-electron chi connectivity index (χ3n) is 3.38. The average molecular weight is 317 g/mol. The fourth-order valence-electron chi connectivity index (χ4n) is 2.11. The van der Waals surface area contributed by atoms with Gasteiger partial charge in [-0.3, -0.25) is 4.79 Å². The summed E-state index contributed by atoms with van der Waals surface area (Å²) in [6.45, 7) is 1.87. The summed E-state index contributed by atoms with van der Waals surface area (Å²) in [6, 6.07) is 17.6. The molecule has 0 aromatic heterocycles. The van der Waals surface area contributed by atoms with Gasteiger partial charge in [0.2, 0.25) is 5.91 Å². The van der Waals surface area contributed by atoms with Crippen molar-refractivity contribution in [3.05, 3.63) is 66.2 Å². The second kappa shape index (κ2) is 7.22. The molecule has 0 bridgehead atoms. The minimum Gasteiger partial charge on any atom is -0.350 e. The quantitative estimate of drug-likeness (QED) is 0.891. The van der Waals surface area contributed by atoms with Crippen LogP contribution < -0.4 is 5.32 Å². The Bertz CT molecular complexity index is 712. The number of amides is 1. The van der Waals surface area contributed by atoms with Crippen molar-refractivity contribution in [2.24, 2.45) is 0 Å². The van der Waals surface area contributed by atoms with E-state index in [2.05, 4.69) is 5.32 Å². The first kappa shape index (κ1) is 16.2. The number of hydrogen-bond acceptors (Lipinski definition) is 3. The van der Waals surface area contributed by atoms with Crippen molar-refractivity contribution < 1.29 is 13.2 Å². The first-order valence-corrected chi connectivity index (χ1v) is 8.76. The van der Waals surface area contributed by atoms with Crippen molar-refractivity contribution in [1.29, 1.82) is 0 Å². The van der Waals surface area contributed by atoms with Gasteiger partial charge in [-0.1, -0.05) is 48.5 Å². The first-order chi connectivity index (χ1) is 10.5. The lowest BCUT2D eigenvalue weighted by atomic mass is 10.1. The molecule has 22 heavy (non-hydrogen) atoms. The first-order valence-electron chi connectivity index (χ1n) is 7.11. The highest BCUT2D eigenvalue weighted by molar-refractivity contribution is 7.91. The Balaban J connectivity index is 1.91. The Morgan fingerprint density at radius 2 is 1.55 bits per heavy atom. The molecule has 0 spiro atoms. The summed E-state index contributed by atoms with van der Waals surface area (Å²) in [5.74, 6) is -0.458. The SMILES string of the molecule is C[C@H](NC(=O)CCS(=O)(=O)c1ccccc1)c1ccccc1. The maximum atomic E-state index is 12.1. The number of carbonyl (C=O) groups is 1. The van der Waals surface area contributed by atoms with Crippen LogP contribution in [-0.4, -0.2) is 20.1 Å². The van der Waals surface area contributed by atoms with Crippen LogP contribution in [0.5, 0.6) is 0 Å². The smallest absolute Gasteiger partial charge is 0.221 e. The third-order valence-corrected chi connectivity index (χ3v) is 5.11. The molecule has 0 radical (unpaired) electrons. The molecule has 1 atom stereocenters. The van der Waals surface area contributed by atoms with Crippen LogP contribution in [0.4, 0.5) is 0 Å². The van der Waals surface area contributed by atoms with Crippen molar-refractivity contribution in [3.63, 3.8) is 0 Å². The number of nitrogens with one attached hydrogen (secondary N) is 1. The number of carbonyl (C=O) groups excluding carboxylic acids is 1. The normalized spacial score (nSPS) is 12.6. The zero-order valence-corrected chi connectivity index (χ0v) is 13.2. The monoisotopic (exact) mass is 317 g/mol. The number of benzene rings is 2. The van der Waals surface area contributed by atoms with E-state index in [1.807, 2.05) is 37.3 Å². The average Bonchev–Trinajstić information content (AvgIpc) is 2.55. The molecule has 5 heteroatoms. The largest absolute Gasteiger partial charge is 0.350 e. The van der Waals surface area contributed by atoms with Crippen LogP contribution in [-0.2, 0) is 14.6 Å². The Hall–Kier alpha value is -2.14. The van der Waals surface area contributed by atoms with Crippen molar-refractivity contribution in [3.8, 4) is 0 Å². The van der Waals surface area contributed by atoms with E-state index >= 15 is 0 Å². The molecule has 2 aromatic rings. The fraction of sp³-hybridized carbons (Fsp3) is 0.235. The summed E-state index contributed by atoms with van der Waals surface area (Å²) in [5, 5.41) is 2.82. The van der Waals surface area contributed by atoms with Crippen molar-refractivity contribution in [2.75, 3.05) is 5.75 Å². The van der Waals surface area contributed by atoms with Crippen LogP contribution in [0, 0.1) is 0 Å². The van der Waals surface area contributed by atoms with Crippen molar-refractivity contribution in [2.45, 2.75) is 24.3 Å². The molecule has 0 aliphatic carbocycles. The molecule has 0 aliphatic heterocycles. The molecule has 0 heterocycles. The second-order valence-electron chi connectivity index (χ2n) is 5.08. The van der Waals surface area contributed by atoms with E-state index in [1.54, 1.807) is 30.3 Å². The predicted octanol–water partition coefficient (Wildman–Crippen LogP) is 2.73. The van der Waals surface area contributed by atoms with E-state index in [0.717, 1.165) is 5.56 Å². The maximum absolute atomic E-state index is 12.1. The minimum atomic E-state index is -3.42. The van der Waals surface area contributed by atoms with Gasteiger partial charge in [-0.2, -0.15) is 0 Å². The molecule has 2 rings (SSSR count).